The molecule has 54 heavy (non-hydrogen) atoms. The van der Waals surface area contributed by atoms with Crippen molar-refractivity contribution in [3.05, 3.63) is 193 Å². The SMILES string of the molecule is Brc1cccc(Oc2cc(N(c3ccccc3)c3cccc4c3[se]c3ccccc34)cc(N(c3ccccc3)c3cccc4c3[se]c3ccccc34)c2)c1. The molecule has 0 bridgehead atoms. The van der Waals surface area contributed by atoms with Gasteiger partial charge in [-0.2, -0.15) is 0 Å². The van der Waals surface area contributed by atoms with Gasteiger partial charge < -0.3 is 0 Å². The topological polar surface area (TPSA) is 15.7 Å². The molecular weight excluding hydrogens is 858 g/mol. The number of rotatable bonds is 8. The summed E-state index contributed by atoms with van der Waals surface area (Å²) in [6, 6.07) is 67.5. The number of fused-ring (bicyclic) bond motifs is 6. The molecule has 0 fully saturated rings. The Morgan fingerprint density at radius 3 is 1.35 bits per heavy atom. The normalized spacial score (nSPS) is 11.4. The molecule has 0 aliphatic heterocycles. The summed E-state index contributed by atoms with van der Waals surface area (Å²) in [4.78, 5) is 4.84. The first-order valence-electron chi connectivity index (χ1n) is 17.8. The molecule has 0 amide bonds. The van der Waals surface area contributed by atoms with Gasteiger partial charge in [0, 0.05) is 0 Å². The number of anilines is 6. The second kappa shape index (κ2) is 14.2. The van der Waals surface area contributed by atoms with Crippen molar-refractivity contribution in [1.29, 1.82) is 0 Å². The monoisotopic (exact) mass is 890 g/mol. The summed E-state index contributed by atoms with van der Waals surface area (Å²) in [6.45, 7) is 0. The molecule has 0 aliphatic carbocycles. The van der Waals surface area contributed by atoms with Crippen LogP contribution in [-0.4, -0.2) is 29.0 Å². The number of hydrogen-bond donors (Lipinski definition) is 0. The van der Waals surface area contributed by atoms with Crippen LogP contribution in [0.5, 0.6) is 11.5 Å². The maximum atomic E-state index is 6.80. The molecule has 10 aromatic rings. The summed E-state index contributed by atoms with van der Waals surface area (Å²) < 4.78 is 13.4. The predicted octanol–water partition coefficient (Wildman–Crippen LogP) is 13.9. The first-order chi connectivity index (χ1) is 26.7. The van der Waals surface area contributed by atoms with Crippen molar-refractivity contribution in [2.45, 2.75) is 0 Å². The Morgan fingerprint density at radius 1 is 0.370 bits per heavy atom. The number of ether oxygens (including phenoxy) is 1. The number of nitrogens with zero attached hydrogens (tertiary/aromatic N) is 2. The molecule has 0 aliphatic rings. The van der Waals surface area contributed by atoms with Crippen molar-refractivity contribution in [3.8, 4) is 11.5 Å². The fraction of sp³-hybridized carbons (Fsp3) is 0. The van der Waals surface area contributed by atoms with Gasteiger partial charge in [-0.1, -0.05) is 0 Å². The van der Waals surface area contributed by atoms with Crippen LogP contribution in [0.4, 0.5) is 34.1 Å². The van der Waals surface area contributed by atoms with E-state index in [4.69, 9.17) is 4.74 Å². The molecule has 2 aromatic heterocycles. The molecule has 2 heterocycles. The number of halogens is 1. The quantitative estimate of drug-likeness (QED) is 0.141. The fourth-order valence-corrected chi connectivity index (χ4v) is 12.8. The number of hydrogen-bond acceptors (Lipinski definition) is 3. The molecule has 8 aromatic carbocycles. The second-order valence-electron chi connectivity index (χ2n) is 13.1. The van der Waals surface area contributed by atoms with Crippen molar-refractivity contribution in [2.75, 3.05) is 9.80 Å². The third kappa shape index (κ3) is 6.07. The van der Waals surface area contributed by atoms with Gasteiger partial charge in [-0.15, -0.1) is 0 Å². The van der Waals surface area contributed by atoms with Crippen molar-refractivity contribution < 1.29 is 4.74 Å². The average Bonchev–Trinajstić information content (AvgIpc) is 3.79. The molecule has 258 valence electrons. The molecule has 0 atom stereocenters. The molecule has 0 radical (unpaired) electrons. The summed E-state index contributed by atoms with van der Waals surface area (Å²) in [6.07, 6.45) is 0. The summed E-state index contributed by atoms with van der Waals surface area (Å²) >= 11 is 3.97. The molecule has 0 saturated heterocycles. The van der Waals surface area contributed by atoms with E-state index in [9.17, 15) is 0 Å². The van der Waals surface area contributed by atoms with Gasteiger partial charge in [0.2, 0.25) is 0 Å². The fourth-order valence-electron chi connectivity index (χ4n) is 7.38. The van der Waals surface area contributed by atoms with Crippen LogP contribution in [0.25, 0.3) is 38.6 Å². The van der Waals surface area contributed by atoms with E-state index in [0.29, 0.717) is 0 Å². The zero-order chi connectivity index (χ0) is 36.0. The van der Waals surface area contributed by atoms with Gasteiger partial charge in [0.05, 0.1) is 0 Å². The van der Waals surface area contributed by atoms with Crippen molar-refractivity contribution in [3.63, 3.8) is 0 Å². The predicted molar refractivity (Wildman–Crippen MR) is 234 cm³/mol. The van der Waals surface area contributed by atoms with Gasteiger partial charge in [0.15, 0.2) is 0 Å². The van der Waals surface area contributed by atoms with Crippen molar-refractivity contribution >= 4 is 118 Å². The van der Waals surface area contributed by atoms with E-state index in [0.717, 1.165) is 38.7 Å². The molecule has 3 nitrogen and oxygen atoms in total. The van der Waals surface area contributed by atoms with E-state index in [1.807, 2.05) is 24.3 Å². The van der Waals surface area contributed by atoms with E-state index in [2.05, 4.69) is 190 Å². The molecule has 0 spiro atoms. The molecule has 0 unspecified atom stereocenters. The summed E-state index contributed by atoms with van der Waals surface area (Å²) in [5.41, 5.74) is 6.59. The molecule has 0 saturated carbocycles. The second-order valence-corrected chi connectivity index (χ2v) is 18.4. The van der Waals surface area contributed by atoms with Crippen LogP contribution >= 0.6 is 15.9 Å². The Morgan fingerprint density at radius 2 is 0.833 bits per heavy atom. The zero-order valence-electron chi connectivity index (χ0n) is 28.9. The summed E-state index contributed by atoms with van der Waals surface area (Å²) in [7, 11) is 0. The van der Waals surface area contributed by atoms with E-state index >= 15 is 0 Å². The Balaban J connectivity index is 1.25. The van der Waals surface area contributed by atoms with Crippen LogP contribution in [0.1, 0.15) is 0 Å². The summed E-state index contributed by atoms with van der Waals surface area (Å²) in [5, 5.41) is 5.31. The molecule has 6 heteroatoms. The minimum absolute atomic E-state index is 0.153. The standard InChI is InChI=1S/C48H31BrN2OSe2/c49-32-14-11-19-37(28-32)52-38-30-35(50(33-15-3-1-4-16-33)43-24-12-22-41-39-20-7-9-26-45(39)53-47(41)43)29-36(31-38)51(34-17-5-2-6-18-34)44-25-13-23-42-40-21-8-10-27-46(40)54-48(42)44/h1-31H. The van der Waals surface area contributed by atoms with Gasteiger partial charge in [-0.05, 0) is 0 Å². The maximum absolute atomic E-state index is 6.80. The minimum atomic E-state index is 0.153. The van der Waals surface area contributed by atoms with Gasteiger partial charge in [-0.3, -0.25) is 0 Å². The molecular formula is C48H31BrN2OSe2. The zero-order valence-corrected chi connectivity index (χ0v) is 33.9. The average molecular weight is 890 g/mol. The van der Waals surface area contributed by atoms with Gasteiger partial charge in [-0.25, -0.2) is 0 Å². The van der Waals surface area contributed by atoms with Crippen molar-refractivity contribution in [2.24, 2.45) is 0 Å². The number of para-hydroxylation sites is 2. The van der Waals surface area contributed by atoms with E-state index < -0.39 is 0 Å². The third-order valence-corrected chi connectivity index (χ3v) is 15.3. The molecule has 10 rings (SSSR count). The van der Waals surface area contributed by atoms with Crippen LogP contribution in [0, 0.1) is 0 Å². The van der Waals surface area contributed by atoms with Gasteiger partial charge >= 0.3 is 336 Å². The van der Waals surface area contributed by atoms with Gasteiger partial charge in [0.25, 0.3) is 0 Å². The molecule has 0 N–H and O–H groups in total. The number of benzene rings is 8. The van der Waals surface area contributed by atoms with E-state index in [1.54, 1.807) is 0 Å². The Bertz CT molecular complexity index is 2780. The first-order valence-corrected chi connectivity index (χ1v) is 22.0. The van der Waals surface area contributed by atoms with E-state index in [1.165, 1.54) is 50.0 Å². The van der Waals surface area contributed by atoms with Crippen LogP contribution < -0.4 is 14.5 Å². The first kappa shape index (κ1) is 33.3. The van der Waals surface area contributed by atoms with Crippen LogP contribution in [-0.2, 0) is 0 Å². The van der Waals surface area contributed by atoms with E-state index in [-0.39, 0.29) is 29.0 Å². The Hall–Kier alpha value is -5.32. The van der Waals surface area contributed by atoms with Crippen LogP contribution in [0.3, 0.4) is 0 Å². The Kier molecular flexibility index (Phi) is 8.72. The summed E-state index contributed by atoms with van der Waals surface area (Å²) in [5.74, 6) is 1.52. The van der Waals surface area contributed by atoms with Crippen LogP contribution in [0.15, 0.2) is 193 Å². The van der Waals surface area contributed by atoms with Gasteiger partial charge in [0.1, 0.15) is 0 Å². The van der Waals surface area contributed by atoms with Crippen molar-refractivity contribution in [1.82, 2.24) is 0 Å². The third-order valence-electron chi connectivity index (χ3n) is 9.70. The van der Waals surface area contributed by atoms with Crippen LogP contribution in [0.2, 0.25) is 0 Å². The Labute approximate surface area is 333 Å².